The fraction of sp³-hybridized carbons (Fsp3) is 0.462. The van der Waals surface area contributed by atoms with E-state index >= 15 is 0 Å². The highest BCUT2D eigenvalue weighted by Crippen LogP contribution is 2.27. The van der Waals surface area contributed by atoms with Gasteiger partial charge in [-0.2, -0.15) is 0 Å². The van der Waals surface area contributed by atoms with E-state index in [0.717, 1.165) is 24.5 Å². The summed E-state index contributed by atoms with van der Waals surface area (Å²) in [4.78, 5) is 13.3. The zero-order valence-corrected chi connectivity index (χ0v) is 10.4. The van der Waals surface area contributed by atoms with E-state index in [0.29, 0.717) is 5.92 Å². The Morgan fingerprint density at radius 1 is 1.50 bits per heavy atom. The summed E-state index contributed by atoms with van der Waals surface area (Å²) in [7, 11) is 0. The van der Waals surface area contributed by atoms with Crippen LogP contribution in [-0.2, 0) is 11.2 Å². The second kappa shape index (κ2) is 4.46. The molecule has 0 unspecified atom stereocenters. The molecule has 0 aromatic heterocycles. The van der Waals surface area contributed by atoms with Crippen molar-refractivity contribution in [2.24, 2.45) is 0 Å². The summed E-state index contributed by atoms with van der Waals surface area (Å²) in [5.41, 5.74) is 2.61. The van der Waals surface area contributed by atoms with Crippen molar-refractivity contribution in [1.29, 1.82) is 0 Å². The zero-order chi connectivity index (χ0) is 11.7. The maximum Gasteiger partial charge on any atom is 0.219 e. The maximum atomic E-state index is 11.4. The molecule has 2 rings (SSSR count). The standard InChI is InChI=1S/C13H16ClNO/c1-9-8-15(10(2)16)6-5-11-3-4-12(14)7-13(9)11/h3-4,7,9H,5-6,8H2,1-2H3/t9-/m0/s1. The molecule has 0 fully saturated rings. The molecular formula is C13H16ClNO. The molecule has 1 aromatic carbocycles. The van der Waals surface area contributed by atoms with Gasteiger partial charge in [0.1, 0.15) is 0 Å². The summed E-state index contributed by atoms with van der Waals surface area (Å²) in [6, 6.07) is 6.04. The van der Waals surface area contributed by atoms with E-state index in [1.807, 2.05) is 17.0 Å². The lowest BCUT2D eigenvalue weighted by Crippen LogP contribution is -2.32. The van der Waals surface area contributed by atoms with Gasteiger partial charge in [-0.3, -0.25) is 4.79 Å². The average Bonchev–Trinajstić information content (AvgIpc) is 2.39. The molecule has 16 heavy (non-hydrogen) atoms. The van der Waals surface area contributed by atoms with E-state index in [2.05, 4.69) is 13.0 Å². The average molecular weight is 238 g/mol. The van der Waals surface area contributed by atoms with Crippen LogP contribution >= 0.6 is 11.6 Å². The quantitative estimate of drug-likeness (QED) is 0.680. The Morgan fingerprint density at radius 2 is 2.25 bits per heavy atom. The molecule has 1 heterocycles. The van der Waals surface area contributed by atoms with Gasteiger partial charge in [-0.25, -0.2) is 0 Å². The minimum absolute atomic E-state index is 0.158. The Hall–Kier alpha value is -1.02. The van der Waals surface area contributed by atoms with Crippen molar-refractivity contribution < 1.29 is 4.79 Å². The number of amides is 1. The smallest absolute Gasteiger partial charge is 0.219 e. The third kappa shape index (κ3) is 2.22. The Morgan fingerprint density at radius 3 is 2.94 bits per heavy atom. The summed E-state index contributed by atoms with van der Waals surface area (Å²) in [6.07, 6.45) is 0.927. The van der Waals surface area contributed by atoms with Crippen LogP contribution in [0.3, 0.4) is 0 Å². The highest BCUT2D eigenvalue weighted by Gasteiger charge is 2.21. The van der Waals surface area contributed by atoms with Gasteiger partial charge in [-0.05, 0) is 35.6 Å². The van der Waals surface area contributed by atoms with Gasteiger partial charge in [0.2, 0.25) is 5.91 Å². The van der Waals surface area contributed by atoms with Crippen LogP contribution in [0.4, 0.5) is 0 Å². The number of carbonyl (C=O) groups excluding carboxylic acids is 1. The van der Waals surface area contributed by atoms with Crippen LogP contribution in [-0.4, -0.2) is 23.9 Å². The third-order valence-electron chi connectivity index (χ3n) is 3.23. The van der Waals surface area contributed by atoms with Crippen LogP contribution < -0.4 is 0 Å². The SMILES string of the molecule is CC(=O)N1CCc2ccc(Cl)cc2[C@@H](C)C1. The molecule has 1 amide bonds. The molecule has 0 saturated carbocycles. The zero-order valence-electron chi connectivity index (χ0n) is 9.66. The Balaban J connectivity index is 2.32. The van der Waals surface area contributed by atoms with E-state index in [-0.39, 0.29) is 5.91 Å². The first-order valence-corrected chi connectivity index (χ1v) is 5.99. The summed E-state index contributed by atoms with van der Waals surface area (Å²) >= 11 is 6.01. The molecule has 0 spiro atoms. The van der Waals surface area contributed by atoms with Crippen LogP contribution in [0.5, 0.6) is 0 Å². The predicted molar refractivity (Wildman–Crippen MR) is 65.8 cm³/mol. The molecule has 3 heteroatoms. The summed E-state index contributed by atoms with van der Waals surface area (Å²) in [5, 5.41) is 0.780. The van der Waals surface area contributed by atoms with Crippen molar-refractivity contribution in [3.05, 3.63) is 34.3 Å². The van der Waals surface area contributed by atoms with Gasteiger partial charge < -0.3 is 4.90 Å². The molecule has 0 saturated heterocycles. The number of nitrogens with zero attached hydrogens (tertiary/aromatic N) is 1. The van der Waals surface area contributed by atoms with Crippen molar-refractivity contribution in [3.8, 4) is 0 Å². The number of hydrogen-bond donors (Lipinski definition) is 0. The molecule has 1 aliphatic rings. The highest BCUT2D eigenvalue weighted by molar-refractivity contribution is 6.30. The minimum Gasteiger partial charge on any atom is -0.342 e. The summed E-state index contributed by atoms with van der Waals surface area (Å²) in [6.45, 7) is 5.39. The number of rotatable bonds is 0. The fourth-order valence-electron chi connectivity index (χ4n) is 2.31. The lowest BCUT2D eigenvalue weighted by Gasteiger charge is -2.21. The summed E-state index contributed by atoms with van der Waals surface area (Å²) < 4.78 is 0. The van der Waals surface area contributed by atoms with Gasteiger partial charge >= 0.3 is 0 Å². The molecule has 1 aromatic rings. The molecule has 1 atom stereocenters. The number of hydrogen-bond acceptors (Lipinski definition) is 1. The van der Waals surface area contributed by atoms with Crippen LogP contribution in [0, 0.1) is 0 Å². The summed E-state index contributed by atoms with van der Waals surface area (Å²) in [5.74, 6) is 0.519. The monoisotopic (exact) mass is 237 g/mol. The van der Waals surface area contributed by atoms with Crippen LogP contribution in [0.1, 0.15) is 30.9 Å². The molecule has 0 radical (unpaired) electrons. The molecule has 0 aliphatic carbocycles. The number of fused-ring (bicyclic) bond motifs is 1. The molecule has 0 N–H and O–H groups in total. The van der Waals surface area contributed by atoms with Gasteiger partial charge in [0.15, 0.2) is 0 Å². The lowest BCUT2D eigenvalue weighted by molar-refractivity contribution is -0.128. The van der Waals surface area contributed by atoms with Crippen molar-refractivity contribution in [2.45, 2.75) is 26.2 Å². The Bertz CT molecular complexity index is 416. The highest BCUT2D eigenvalue weighted by atomic mass is 35.5. The second-order valence-corrected chi connectivity index (χ2v) is 4.90. The second-order valence-electron chi connectivity index (χ2n) is 4.46. The van der Waals surface area contributed by atoms with Crippen LogP contribution in [0.15, 0.2) is 18.2 Å². The van der Waals surface area contributed by atoms with E-state index in [9.17, 15) is 4.79 Å². The first-order valence-electron chi connectivity index (χ1n) is 5.62. The van der Waals surface area contributed by atoms with Crippen molar-refractivity contribution in [1.82, 2.24) is 4.90 Å². The molecular weight excluding hydrogens is 222 g/mol. The number of carbonyl (C=O) groups is 1. The topological polar surface area (TPSA) is 20.3 Å². The van der Waals surface area contributed by atoms with Gasteiger partial charge in [0.05, 0.1) is 0 Å². The largest absolute Gasteiger partial charge is 0.342 e. The van der Waals surface area contributed by atoms with E-state index < -0.39 is 0 Å². The minimum atomic E-state index is 0.158. The van der Waals surface area contributed by atoms with Crippen LogP contribution in [0.2, 0.25) is 5.02 Å². The number of halogens is 1. The van der Waals surface area contributed by atoms with Gasteiger partial charge in [0, 0.05) is 25.0 Å². The van der Waals surface area contributed by atoms with Crippen molar-refractivity contribution >= 4 is 17.5 Å². The first-order chi connectivity index (χ1) is 7.58. The Labute approximate surface area is 101 Å². The molecule has 1 aliphatic heterocycles. The number of benzene rings is 1. The Kier molecular flexibility index (Phi) is 3.20. The van der Waals surface area contributed by atoms with E-state index in [1.165, 1.54) is 11.1 Å². The van der Waals surface area contributed by atoms with Crippen molar-refractivity contribution in [3.63, 3.8) is 0 Å². The normalized spacial score (nSPS) is 20.2. The van der Waals surface area contributed by atoms with Crippen LogP contribution in [0.25, 0.3) is 0 Å². The first kappa shape index (κ1) is 11.5. The third-order valence-corrected chi connectivity index (χ3v) is 3.46. The molecule has 86 valence electrons. The van der Waals surface area contributed by atoms with Gasteiger partial charge in [-0.15, -0.1) is 0 Å². The van der Waals surface area contributed by atoms with Gasteiger partial charge in [0.25, 0.3) is 0 Å². The van der Waals surface area contributed by atoms with Gasteiger partial charge in [-0.1, -0.05) is 24.6 Å². The molecule has 2 nitrogen and oxygen atoms in total. The van der Waals surface area contributed by atoms with E-state index in [1.54, 1.807) is 6.92 Å². The van der Waals surface area contributed by atoms with Crippen molar-refractivity contribution in [2.75, 3.05) is 13.1 Å². The lowest BCUT2D eigenvalue weighted by atomic mass is 9.95. The fourth-order valence-corrected chi connectivity index (χ4v) is 2.49. The molecule has 0 bridgehead atoms. The van der Waals surface area contributed by atoms with E-state index in [4.69, 9.17) is 11.6 Å². The predicted octanol–water partition coefficient (Wildman–Crippen LogP) is 2.85. The maximum absolute atomic E-state index is 11.4.